The van der Waals surface area contributed by atoms with Crippen LogP contribution in [0.4, 0.5) is 0 Å². The Morgan fingerprint density at radius 1 is 1.11 bits per heavy atom. The van der Waals surface area contributed by atoms with Gasteiger partial charge in [0.1, 0.15) is 5.75 Å². The van der Waals surface area contributed by atoms with E-state index in [0.717, 1.165) is 11.1 Å². The van der Waals surface area contributed by atoms with Crippen molar-refractivity contribution < 1.29 is 4.74 Å². The molecule has 2 nitrogen and oxygen atoms in total. The van der Waals surface area contributed by atoms with Crippen molar-refractivity contribution in [1.29, 1.82) is 0 Å². The van der Waals surface area contributed by atoms with Crippen molar-refractivity contribution in [1.82, 2.24) is 0 Å². The summed E-state index contributed by atoms with van der Waals surface area (Å²) in [5.41, 5.74) is 8.27. The molecule has 0 amide bonds. The van der Waals surface area contributed by atoms with Crippen molar-refractivity contribution in [2.45, 2.75) is 12.5 Å². The summed E-state index contributed by atoms with van der Waals surface area (Å²) in [4.78, 5) is 0. The van der Waals surface area contributed by atoms with Crippen molar-refractivity contribution in [2.75, 3.05) is 7.11 Å². The van der Waals surface area contributed by atoms with Crippen LogP contribution < -0.4 is 10.5 Å². The number of methoxy groups -OCH3 is 1. The molecule has 0 saturated carbocycles. The van der Waals surface area contributed by atoms with Gasteiger partial charge in [-0.3, -0.25) is 0 Å². The van der Waals surface area contributed by atoms with Gasteiger partial charge in [0.05, 0.1) is 7.11 Å². The van der Waals surface area contributed by atoms with E-state index in [-0.39, 0.29) is 6.04 Å². The Labute approximate surface area is 123 Å². The predicted octanol–water partition coefficient (Wildman–Crippen LogP) is 4.24. The van der Waals surface area contributed by atoms with Gasteiger partial charge in [0.2, 0.25) is 0 Å². The van der Waals surface area contributed by atoms with Crippen molar-refractivity contribution in [2.24, 2.45) is 5.73 Å². The van der Waals surface area contributed by atoms with Crippen LogP contribution in [-0.2, 0) is 6.42 Å². The molecule has 2 aromatic rings. The van der Waals surface area contributed by atoms with Crippen LogP contribution in [0.1, 0.15) is 17.2 Å². The van der Waals surface area contributed by atoms with Gasteiger partial charge in [-0.25, -0.2) is 0 Å². The minimum atomic E-state index is -0.161. The lowest BCUT2D eigenvalue weighted by atomic mass is 9.99. The summed E-state index contributed by atoms with van der Waals surface area (Å²) >= 11 is 11.9. The van der Waals surface area contributed by atoms with E-state index in [9.17, 15) is 0 Å². The molecule has 1 unspecified atom stereocenters. The highest BCUT2D eigenvalue weighted by Gasteiger charge is 2.13. The van der Waals surface area contributed by atoms with E-state index in [1.165, 1.54) is 0 Å². The summed E-state index contributed by atoms with van der Waals surface area (Å²) in [5.74, 6) is 0.710. The fraction of sp³-hybridized carbons (Fsp3) is 0.200. The smallest absolute Gasteiger partial charge is 0.125 e. The second-order valence-corrected chi connectivity index (χ2v) is 5.20. The maximum absolute atomic E-state index is 6.24. The number of rotatable bonds is 4. The Kier molecular flexibility index (Phi) is 4.70. The van der Waals surface area contributed by atoms with Gasteiger partial charge in [0.15, 0.2) is 0 Å². The van der Waals surface area contributed by atoms with Crippen molar-refractivity contribution >= 4 is 23.2 Å². The lowest BCUT2D eigenvalue weighted by molar-refractivity contribution is 0.405. The summed E-state index contributed by atoms with van der Waals surface area (Å²) in [6.45, 7) is 0. The van der Waals surface area contributed by atoms with Crippen LogP contribution in [0.15, 0.2) is 42.5 Å². The third-order valence-corrected chi connectivity index (χ3v) is 3.41. The van der Waals surface area contributed by atoms with E-state index in [1.807, 2.05) is 36.4 Å². The average molecular weight is 296 g/mol. The molecule has 2 aromatic carbocycles. The number of ether oxygens (including phenoxy) is 1. The summed E-state index contributed by atoms with van der Waals surface area (Å²) in [7, 11) is 1.61. The minimum Gasteiger partial charge on any atom is -0.496 e. The SMILES string of the molecule is COc1cc(Cl)ccc1C(N)Cc1cccc(Cl)c1. The Balaban J connectivity index is 2.22. The van der Waals surface area contributed by atoms with Gasteiger partial charge in [0, 0.05) is 21.7 Å². The molecule has 0 spiro atoms. The van der Waals surface area contributed by atoms with Crippen molar-refractivity contribution in [3.05, 3.63) is 63.6 Å². The molecule has 0 aliphatic rings. The second kappa shape index (κ2) is 6.29. The van der Waals surface area contributed by atoms with Gasteiger partial charge in [-0.2, -0.15) is 0 Å². The van der Waals surface area contributed by atoms with Gasteiger partial charge >= 0.3 is 0 Å². The molecule has 0 aromatic heterocycles. The number of halogens is 2. The number of nitrogens with two attached hydrogens (primary N) is 1. The zero-order chi connectivity index (χ0) is 13.8. The monoisotopic (exact) mass is 295 g/mol. The molecule has 2 N–H and O–H groups in total. The third-order valence-electron chi connectivity index (χ3n) is 2.94. The molecule has 0 aliphatic heterocycles. The largest absolute Gasteiger partial charge is 0.496 e. The minimum absolute atomic E-state index is 0.161. The van der Waals surface area contributed by atoms with Gasteiger partial charge in [-0.15, -0.1) is 0 Å². The Bertz CT molecular complexity index is 572. The standard InChI is InChI=1S/C15H15Cl2NO/c1-19-15-9-12(17)5-6-13(15)14(18)8-10-3-2-4-11(16)7-10/h2-7,9,14H,8,18H2,1H3. The normalized spacial score (nSPS) is 12.2. The van der Waals surface area contributed by atoms with Crippen LogP contribution in [0.2, 0.25) is 10.0 Å². The lowest BCUT2D eigenvalue weighted by Gasteiger charge is -2.16. The maximum Gasteiger partial charge on any atom is 0.125 e. The average Bonchev–Trinajstić information content (AvgIpc) is 2.38. The van der Waals surface area contributed by atoms with Crippen LogP contribution in [-0.4, -0.2) is 7.11 Å². The van der Waals surface area contributed by atoms with Crippen LogP contribution in [0.5, 0.6) is 5.75 Å². The second-order valence-electron chi connectivity index (χ2n) is 4.33. The predicted molar refractivity (Wildman–Crippen MR) is 80.1 cm³/mol. The molecule has 0 saturated heterocycles. The summed E-state index contributed by atoms with van der Waals surface area (Å²) in [5, 5.41) is 1.35. The number of hydrogen-bond acceptors (Lipinski definition) is 2. The molecule has 0 bridgehead atoms. The molecular weight excluding hydrogens is 281 g/mol. The quantitative estimate of drug-likeness (QED) is 0.915. The highest BCUT2D eigenvalue weighted by molar-refractivity contribution is 6.31. The van der Waals surface area contributed by atoms with E-state index < -0.39 is 0 Å². The summed E-state index contributed by atoms with van der Waals surface area (Å²) in [6.07, 6.45) is 0.693. The molecule has 0 heterocycles. The van der Waals surface area contributed by atoms with Crippen LogP contribution in [0, 0.1) is 0 Å². The first kappa shape index (κ1) is 14.2. The lowest BCUT2D eigenvalue weighted by Crippen LogP contribution is -2.14. The van der Waals surface area contributed by atoms with E-state index in [0.29, 0.717) is 22.2 Å². The van der Waals surface area contributed by atoms with Crippen molar-refractivity contribution in [3.8, 4) is 5.75 Å². The Hall–Kier alpha value is -1.22. The van der Waals surface area contributed by atoms with Gasteiger partial charge < -0.3 is 10.5 Å². The molecule has 100 valence electrons. The van der Waals surface area contributed by atoms with E-state index in [4.69, 9.17) is 33.7 Å². The fourth-order valence-corrected chi connectivity index (χ4v) is 2.39. The van der Waals surface area contributed by atoms with Gasteiger partial charge in [0.25, 0.3) is 0 Å². The van der Waals surface area contributed by atoms with E-state index >= 15 is 0 Å². The number of hydrogen-bond donors (Lipinski definition) is 1. The summed E-state index contributed by atoms with van der Waals surface area (Å²) in [6, 6.07) is 13.0. The number of benzene rings is 2. The summed E-state index contributed by atoms with van der Waals surface area (Å²) < 4.78 is 5.32. The van der Waals surface area contributed by atoms with E-state index in [2.05, 4.69) is 0 Å². The van der Waals surface area contributed by atoms with Crippen LogP contribution in [0.3, 0.4) is 0 Å². The van der Waals surface area contributed by atoms with E-state index in [1.54, 1.807) is 13.2 Å². The first-order valence-corrected chi connectivity index (χ1v) is 6.69. The molecule has 1 atom stereocenters. The zero-order valence-corrected chi connectivity index (χ0v) is 12.1. The highest BCUT2D eigenvalue weighted by Crippen LogP contribution is 2.29. The molecule has 0 fully saturated rings. The first-order valence-electron chi connectivity index (χ1n) is 5.93. The van der Waals surface area contributed by atoms with Crippen LogP contribution >= 0.6 is 23.2 Å². The molecule has 4 heteroatoms. The van der Waals surface area contributed by atoms with Crippen LogP contribution in [0.25, 0.3) is 0 Å². The molecule has 0 aliphatic carbocycles. The maximum atomic E-state index is 6.24. The first-order chi connectivity index (χ1) is 9.10. The Morgan fingerprint density at radius 2 is 1.84 bits per heavy atom. The fourth-order valence-electron chi connectivity index (χ4n) is 2.02. The molecular formula is C15H15Cl2NO. The Morgan fingerprint density at radius 3 is 2.53 bits per heavy atom. The van der Waals surface area contributed by atoms with Gasteiger partial charge in [-0.05, 0) is 36.2 Å². The topological polar surface area (TPSA) is 35.2 Å². The van der Waals surface area contributed by atoms with Gasteiger partial charge in [-0.1, -0.05) is 41.4 Å². The highest BCUT2D eigenvalue weighted by atomic mass is 35.5. The molecule has 19 heavy (non-hydrogen) atoms. The molecule has 2 rings (SSSR count). The van der Waals surface area contributed by atoms with Crippen molar-refractivity contribution in [3.63, 3.8) is 0 Å². The third kappa shape index (κ3) is 3.63. The molecule has 0 radical (unpaired) electrons. The zero-order valence-electron chi connectivity index (χ0n) is 10.6.